The molecule has 86 valence electrons. The fourth-order valence-electron chi connectivity index (χ4n) is 1.77. The van der Waals surface area contributed by atoms with Crippen LogP contribution in [0.1, 0.15) is 29.6 Å². The number of carbonyl (C=O) groups is 1. The third-order valence-electron chi connectivity index (χ3n) is 2.66. The van der Waals surface area contributed by atoms with Gasteiger partial charge in [-0.15, -0.1) is 0 Å². The van der Waals surface area contributed by atoms with Gasteiger partial charge in [0, 0.05) is 25.4 Å². The van der Waals surface area contributed by atoms with Crippen LogP contribution in [0.3, 0.4) is 0 Å². The number of amides is 1. The van der Waals surface area contributed by atoms with Gasteiger partial charge in [-0.3, -0.25) is 15.0 Å². The average Bonchev–Trinajstić information content (AvgIpc) is 2.31. The van der Waals surface area contributed by atoms with Crippen LogP contribution in [0.4, 0.5) is 0 Å². The maximum absolute atomic E-state index is 11.7. The van der Waals surface area contributed by atoms with Crippen LogP contribution in [-0.2, 0) is 0 Å². The van der Waals surface area contributed by atoms with Crippen molar-refractivity contribution in [1.82, 2.24) is 15.4 Å². The Kier molecular flexibility index (Phi) is 3.36. The van der Waals surface area contributed by atoms with E-state index in [2.05, 4.69) is 10.4 Å². The number of H-pyrrole nitrogens is 1. The first-order valence-corrected chi connectivity index (χ1v) is 5.50. The molecule has 0 radical (unpaired) electrons. The average molecular weight is 221 g/mol. The molecule has 2 heterocycles. The molecule has 5 nitrogen and oxygen atoms in total. The summed E-state index contributed by atoms with van der Waals surface area (Å²) in [7, 11) is 0. The van der Waals surface area contributed by atoms with Crippen molar-refractivity contribution in [1.29, 1.82) is 0 Å². The fourth-order valence-corrected chi connectivity index (χ4v) is 1.77. The largest absolute Gasteiger partial charge is 0.328 e. The number of carbonyl (C=O) groups excluding carboxylic acids is 1. The van der Waals surface area contributed by atoms with Crippen LogP contribution in [0.2, 0.25) is 0 Å². The first-order chi connectivity index (χ1) is 7.75. The molecule has 0 aromatic carbocycles. The van der Waals surface area contributed by atoms with Gasteiger partial charge in [0.05, 0.1) is 5.56 Å². The molecule has 0 unspecified atom stereocenters. The Bertz CT molecular complexity index is 401. The summed E-state index contributed by atoms with van der Waals surface area (Å²) in [6.45, 7) is 1.80. The Morgan fingerprint density at radius 3 is 2.62 bits per heavy atom. The van der Waals surface area contributed by atoms with Gasteiger partial charge >= 0.3 is 0 Å². The normalized spacial score (nSPS) is 17.0. The van der Waals surface area contributed by atoms with E-state index in [1.165, 1.54) is 24.8 Å². The van der Waals surface area contributed by atoms with Gasteiger partial charge in [-0.25, -0.2) is 5.01 Å². The number of hydrogen-bond donors (Lipinski definition) is 2. The number of piperidine rings is 1. The lowest BCUT2D eigenvalue weighted by molar-refractivity contribution is 0.0749. The van der Waals surface area contributed by atoms with E-state index in [9.17, 15) is 9.59 Å². The van der Waals surface area contributed by atoms with E-state index in [0.29, 0.717) is 5.56 Å². The molecular weight excluding hydrogens is 206 g/mol. The summed E-state index contributed by atoms with van der Waals surface area (Å²) in [6.07, 6.45) is 4.89. The van der Waals surface area contributed by atoms with E-state index in [-0.39, 0.29) is 11.5 Å². The van der Waals surface area contributed by atoms with Crippen LogP contribution in [0.15, 0.2) is 23.1 Å². The van der Waals surface area contributed by atoms with Crippen LogP contribution >= 0.6 is 0 Å². The second-order valence-electron chi connectivity index (χ2n) is 3.93. The number of aromatic amines is 1. The number of nitrogens with zero attached hydrogens (tertiary/aromatic N) is 1. The van der Waals surface area contributed by atoms with Crippen molar-refractivity contribution >= 4 is 5.91 Å². The zero-order valence-electron chi connectivity index (χ0n) is 9.03. The van der Waals surface area contributed by atoms with Crippen LogP contribution in [0, 0.1) is 0 Å². The monoisotopic (exact) mass is 221 g/mol. The number of rotatable bonds is 2. The minimum absolute atomic E-state index is 0.168. The summed E-state index contributed by atoms with van der Waals surface area (Å²) in [6, 6.07) is 2.88. The Morgan fingerprint density at radius 2 is 2.00 bits per heavy atom. The fraction of sp³-hybridized carbons (Fsp3) is 0.455. The summed E-state index contributed by atoms with van der Waals surface area (Å²) in [4.78, 5) is 25.1. The van der Waals surface area contributed by atoms with Gasteiger partial charge in [0.15, 0.2) is 0 Å². The molecule has 1 aliphatic rings. The molecule has 1 fully saturated rings. The lowest BCUT2D eigenvalue weighted by Crippen LogP contribution is -2.45. The van der Waals surface area contributed by atoms with Gasteiger partial charge in [-0.05, 0) is 18.9 Å². The summed E-state index contributed by atoms with van der Waals surface area (Å²) in [5.74, 6) is -0.168. The van der Waals surface area contributed by atoms with Crippen LogP contribution in [0.25, 0.3) is 0 Å². The van der Waals surface area contributed by atoms with Crippen LogP contribution in [0.5, 0.6) is 0 Å². The van der Waals surface area contributed by atoms with E-state index in [1.807, 2.05) is 5.01 Å². The second kappa shape index (κ2) is 4.94. The van der Waals surface area contributed by atoms with Crippen LogP contribution in [-0.4, -0.2) is 29.0 Å². The molecule has 0 bridgehead atoms. The molecule has 5 heteroatoms. The molecule has 0 spiro atoms. The molecule has 2 N–H and O–H groups in total. The molecule has 0 saturated carbocycles. The molecule has 0 atom stereocenters. The van der Waals surface area contributed by atoms with Gasteiger partial charge in [0.1, 0.15) is 0 Å². The van der Waals surface area contributed by atoms with E-state index < -0.39 is 0 Å². The third-order valence-corrected chi connectivity index (χ3v) is 2.66. The van der Waals surface area contributed by atoms with Crippen molar-refractivity contribution in [3.8, 4) is 0 Å². The van der Waals surface area contributed by atoms with Crippen molar-refractivity contribution < 1.29 is 4.79 Å². The zero-order chi connectivity index (χ0) is 11.4. The highest BCUT2D eigenvalue weighted by atomic mass is 16.2. The highest BCUT2D eigenvalue weighted by molar-refractivity contribution is 5.93. The second-order valence-corrected chi connectivity index (χ2v) is 3.93. The van der Waals surface area contributed by atoms with Gasteiger partial charge in [-0.2, -0.15) is 0 Å². The number of nitrogens with one attached hydrogen (secondary N) is 2. The quantitative estimate of drug-likeness (QED) is 0.764. The van der Waals surface area contributed by atoms with Crippen LogP contribution < -0.4 is 11.0 Å². The molecule has 1 amide bonds. The first kappa shape index (κ1) is 10.9. The SMILES string of the molecule is O=C(NN1CCCCC1)c1ccc(=O)[nH]c1. The van der Waals surface area contributed by atoms with E-state index >= 15 is 0 Å². The summed E-state index contributed by atoms with van der Waals surface area (Å²) in [5, 5.41) is 1.93. The van der Waals surface area contributed by atoms with Crippen molar-refractivity contribution in [2.24, 2.45) is 0 Å². The van der Waals surface area contributed by atoms with Gasteiger partial charge in [0.25, 0.3) is 5.91 Å². The molecule has 2 rings (SSSR count). The topological polar surface area (TPSA) is 65.2 Å². The number of hydrazine groups is 1. The highest BCUT2D eigenvalue weighted by Crippen LogP contribution is 2.06. The van der Waals surface area contributed by atoms with Crippen molar-refractivity contribution in [2.75, 3.05) is 13.1 Å². The molecular formula is C11H15N3O2. The van der Waals surface area contributed by atoms with Gasteiger partial charge in [0.2, 0.25) is 5.56 Å². The number of pyridine rings is 1. The molecule has 16 heavy (non-hydrogen) atoms. The van der Waals surface area contributed by atoms with E-state index in [0.717, 1.165) is 25.9 Å². The minimum atomic E-state index is -0.200. The highest BCUT2D eigenvalue weighted by Gasteiger charge is 2.13. The summed E-state index contributed by atoms with van der Waals surface area (Å²) < 4.78 is 0. The Hall–Kier alpha value is -1.62. The van der Waals surface area contributed by atoms with E-state index in [4.69, 9.17) is 0 Å². The third kappa shape index (κ3) is 2.70. The van der Waals surface area contributed by atoms with Crippen molar-refractivity contribution in [2.45, 2.75) is 19.3 Å². The maximum Gasteiger partial charge on any atom is 0.267 e. The lowest BCUT2D eigenvalue weighted by atomic mass is 10.2. The smallest absolute Gasteiger partial charge is 0.267 e. The molecule has 1 aromatic heterocycles. The minimum Gasteiger partial charge on any atom is -0.328 e. The molecule has 0 aliphatic carbocycles. The lowest BCUT2D eigenvalue weighted by Gasteiger charge is -2.26. The standard InChI is InChI=1S/C11H15N3O2/c15-10-5-4-9(8-12-10)11(16)13-14-6-2-1-3-7-14/h4-5,8H,1-3,6-7H2,(H,12,15)(H,13,16). The van der Waals surface area contributed by atoms with Gasteiger partial charge in [-0.1, -0.05) is 6.42 Å². The summed E-state index contributed by atoms with van der Waals surface area (Å²) in [5.41, 5.74) is 3.10. The predicted molar refractivity (Wildman–Crippen MR) is 60.0 cm³/mol. The van der Waals surface area contributed by atoms with E-state index in [1.54, 1.807) is 0 Å². The molecule has 1 aromatic rings. The molecule has 1 aliphatic heterocycles. The van der Waals surface area contributed by atoms with Crippen molar-refractivity contribution in [3.05, 3.63) is 34.2 Å². The Labute approximate surface area is 93.4 Å². The predicted octanol–water partition coefficient (Wildman–Crippen LogP) is 0.506. The number of hydrogen-bond acceptors (Lipinski definition) is 3. The Morgan fingerprint density at radius 1 is 1.25 bits per heavy atom. The summed E-state index contributed by atoms with van der Waals surface area (Å²) >= 11 is 0. The van der Waals surface area contributed by atoms with Crippen molar-refractivity contribution in [3.63, 3.8) is 0 Å². The molecule has 1 saturated heterocycles. The zero-order valence-corrected chi connectivity index (χ0v) is 9.03. The maximum atomic E-state index is 11.7. The number of aromatic nitrogens is 1. The first-order valence-electron chi connectivity index (χ1n) is 5.50. The van der Waals surface area contributed by atoms with Gasteiger partial charge < -0.3 is 4.98 Å². The Balaban J connectivity index is 1.96.